The van der Waals surface area contributed by atoms with E-state index in [-0.39, 0.29) is 30.8 Å². The molecule has 2 heterocycles. The molecule has 0 saturated carbocycles. The third-order valence-corrected chi connectivity index (χ3v) is 13.1. The average Bonchev–Trinajstić information content (AvgIpc) is 3.52. The number of ether oxygens (including phenoxy) is 3. The fourth-order valence-electron chi connectivity index (χ4n) is 8.49. The van der Waals surface area contributed by atoms with E-state index in [0.717, 1.165) is 64.3 Å². The van der Waals surface area contributed by atoms with Crippen LogP contribution in [0.25, 0.3) is 0 Å². The van der Waals surface area contributed by atoms with E-state index >= 15 is 0 Å². The van der Waals surface area contributed by atoms with Gasteiger partial charge in [0.1, 0.15) is 6.54 Å². The number of anilines is 1. The largest absolute Gasteiger partial charge is 0.481 e. The van der Waals surface area contributed by atoms with Crippen LogP contribution in [-0.4, -0.2) is 113 Å². The van der Waals surface area contributed by atoms with Gasteiger partial charge in [0.25, 0.3) is 20.2 Å². The molecule has 2 aliphatic heterocycles. The van der Waals surface area contributed by atoms with Crippen LogP contribution in [-0.2, 0) is 62.9 Å². The third-order valence-electron chi connectivity index (χ3n) is 11.5. The van der Waals surface area contributed by atoms with Gasteiger partial charge in [-0.1, -0.05) is 30.7 Å². The predicted molar refractivity (Wildman–Crippen MR) is 227 cm³/mol. The zero-order valence-corrected chi connectivity index (χ0v) is 36.4. The maximum absolute atomic E-state index is 11.9. The molecule has 58 heavy (non-hydrogen) atoms. The number of benzene rings is 2. The topological polar surface area (TPSA) is 180 Å². The van der Waals surface area contributed by atoms with E-state index in [2.05, 4.69) is 71.9 Å². The molecular weight excluding hydrogens is 785 g/mol. The van der Waals surface area contributed by atoms with Gasteiger partial charge in [0, 0.05) is 75.2 Å². The number of carboxylic acid groups (broad SMARTS) is 1. The van der Waals surface area contributed by atoms with Crippen LogP contribution in [0.3, 0.4) is 0 Å². The lowest BCUT2D eigenvalue weighted by molar-refractivity contribution is -0.438. The average molecular weight is 848 g/mol. The zero-order chi connectivity index (χ0) is 42.6. The summed E-state index contributed by atoms with van der Waals surface area (Å²) in [5, 5.41) is 9.13. The van der Waals surface area contributed by atoms with Crippen LogP contribution in [0.5, 0.6) is 0 Å². The minimum atomic E-state index is -4.19. The van der Waals surface area contributed by atoms with E-state index < -0.39 is 37.0 Å². The Morgan fingerprint density at radius 1 is 0.759 bits per heavy atom. The molecule has 2 aromatic rings. The molecule has 0 aromatic heterocycles. The van der Waals surface area contributed by atoms with Crippen molar-refractivity contribution in [2.24, 2.45) is 0 Å². The van der Waals surface area contributed by atoms with Gasteiger partial charge in [0.15, 0.2) is 5.71 Å². The van der Waals surface area contributed by atoms with E-state index in [1.165, 1.54) is 0 Å². The monoisotopic (exact) mass is 847 g/mol. The number of aliphatic carboxylic acids is 1. The van der Waals surface area contributed by atoms with E-state index in [4.69, 9.17) is 19.3 Å². The van der Waals surface area contributed by atoms with Crippen LogP contribution in [0, 0.1) is 0 Å². The number of rotatable bonds is 26. The lowest BCUT2D eigenvalue weighted by Gasteiger charge is -2.30. The Labute approximate surface area is 345 Å². The molecule has 0 bridgehead atoms. The smallest absolute Gasteiger partial charge is 0.303 e. The predicted octanol–water partition coefficient (Wildman–Crippen LogP) is 6.66. The Hall–Kier alpha value is -3.44. The highest BCUT2D eigenvalue weighted by Gasteiger charge is 2.48. The molecule has 322 valence electrons. The summed E-state index contributed by atoms with van der Waals surface area (Å²) in [6.07, 6.45) is 12.1. The maximum Gasteiger partial charge on any atom is 0.303 e. The van der Waals surface area contributed by atoms with Crippen LogP contribution >= 0.6 is 0 Å². The lowest BCUT2D eigenvalue weighted by Crippen LogP contribution is -2.32. The highest BCUT2D eigenvalue weighted by molar-refractivity contribution is 7.86. The zero-order valence-electron chi connectivity index (χ0n) is 34.7. The summed E-state index contributed by atoms with van der Waals surface area (Å²) >= 11 is 0. The van der Waals surface area contributed by atoms with E-state index in [1.807, 2.05) is 6.08 Å². The van der Waals surface area contributed by atoms with Crippen molar-refractivity contribution >= 4 is 43.3 Å². The minimum Gasteiger partial charge on any atom is -0.481 e. The maximum atomic E-state index is 11.9. The van der Waals surface area contributed by atoms with Gasteiger partial charge < -0.3 is 24.2 Å². The van der Waals surface area contributed by atoms with Crippen LogP contribution in [0.1, 0.15) is 93.9 Å². The van der Waals surface area contributed by atoms with Crippen molar-refractivity contribution in [3.8, 4) is 0 Å². The van der Waals surface area contributed by atoms with Gasteiger partial charge in [-0.05, 0) is 100 Å². The molecule has 0 amide bonds. The normalized spacial score (nSPS) is 20.1. The molecule has 0 aliphatic carbocycles. The second kappa shape index (κ2) is 21.2. The van der Waals surface area contributed by atoms with Crippen molar-refractivity contribution in [1.82, 2.24) is 0 Å². The molecule has 2 aromatic carbocycles. The number of unbranched alkanes of at least 4 members (excludes halogenated alkanes) is 3. The first-order chi connectivity index (χ1) is 27.5. The van der Waals surface area contributed by atoms with Gasteiger partial charge in [0.05, 0.1) is 36.7 Å². The van der Waals surface area contributed by atoms with Gasteiger partial charge in [-0.15, -0.1) is 0 Å². The number of methoxy groups -OCH3 is 3. The van der Waals surface area contributed by atoms with Crippen LogP contribution in [0.2, 0.25) is 0 Å². The highest BCUT2D eigenvalue weighted by atomic mass is 32.2. The Morgan fingerprint density at radius 2 is 1.33 bits per heavy atom. The number of hydrogen-bond donors (Lipinski definition) is 3. The Bertz CT molecular complexity index is 2050. The number of allylic oxidation sites excluding steroid dienone is 4. The minimum absolute atomic E-state index is 0.131. The van der Waals surface area contributed by atoms with Gasteiger partial charge in [-0.2, -0.15) is 21.4 Å². The van der Waals surface area contributed by atoms with Crippen molar-refractivity contribution in [2.45, 2.75) is 95.3 Å². The van der Waals surface area contributed by atoms with Crippen LogP contribution in [0.4, 0.5) is 11.4 Å². The summed E-state index contributed by atoms with van der Waals surface area (Å²) in [6.45, 7) is 6.96. The Kier molecular flexibility index (Phi) is 17.3. The van der Waals surface area contributed by atoms with Crippen molar-refractivity contribution in [1.29, 1.82) is 0 Å². The highest BCUT2D eigenvalue weighted by Crippen LogP contribution is 2.51. The van der Waals surface area contributed by atoms with Gasteiger partial charge >= 0.3 is 5.97 Å². The molecule has 0 saturated heterocycles. The molecule has 4 rings (SSSR count). The van der Waals surface area contributed by atoms with Crippen LogP contribution in [0.15, 0.2) is 60.3 Å². The van der Waals surface area contributed by atoms with Gasteiger partial charge in [0.2, 0.25) is 5.69 Å². The van der Waals surface area contributed by atoms with E-state index in [9.17, 15) is 30.7 Å². The van der Waals surface area contributed by atoms with Gasteiger partial charge in [-0.25, -0.2) is 0 Å². The molecule has 0 spiro atoms. The fraction of sp³-hybridized carbons (Fsp3) is 0.581. The Morgan fingerprint density at radius 3 is 1.91 bits per heavy atom. The number of hydrogen-bond acceptors (Lipinski definition) is 9. The SMILES string of the molecule is COCCc1ccc2c(c1)C(C)(CCCS(=O)(=O)O)C(=CC=CC1=[N+](CCCCCCC(=O)O)c3ccc(CCOC)cc3C1(C)CCCS(=O)(=O)O)N2CCOC. The number of carboxylic acids is 1. The lowest BCUT2D eigenvalue weighted by atomic mass is 9.75. The second-order valence-corrected chi connectivity index (χ2v) is 18.9. The molecular formula is C43H63N2O11S2+. The van der Waals surface area contributed by atoms with Crippen molar-refractivity contribution in [3.05, 3.63) is 82.6 Å². The molecule has 3 N–H and O–H groups in total. The van der Waals surface area contributed by atoms with E-state index in [1.54, 1.807) is 21.3 Å². The number of carbonyl (C=O) groups is 1. The molecule has 0 fully saturated rings. The molecule has 2 unspecified atom stereocenters. The fourth-order valence-corrected chi connectivity index (χ4v) is 9.51. The summed E-state index contributed by atoms with van der Waals surface area (Å²) in [5.41, 5.74) is 6.96. The summed E-state index contributed by atoms with van der Waals surface area (Å²) in [4.78, 5) is 13.3. The molecule has 15 heteroatoms. The molecule has 13 nitrogen and oxygen atoms in total. The van der Waals surface area contributed by atoms with Gasteiger partial charge in [-0.3, -0.25) is 13.9 Å². The molecule has 0 radical (unpaired) electrons. The summed E-state index contributed by atoms with van der Waals surface area (Å²) in [6, 6.07) is 12.7. The number of nitrogens with zero attached hydrogens (tertiary/aromatic N) is 2. The van der Waals surface area contributed by atoms with Crippen molar-refractivity contribution < 1.29 is 54.6 Å². The van der Waals surface area contributed by atoms with Crippen molar-refractivity contribution in [2.75, 3.05) is 70.6 Å². The summed E-state index contributed by atoms with van der Waals surface area (Å²) < 4.78 is 85.6. The standard InChI is InChI=1S/C43H62N2O11S2/c1-42(22-11-29-57(48,49)50)35-31-33(20-26-54-3)16-18-37(35)44(24-9-7-6-8-15-41(46)47)39(42)13-10-14-40-43(2,23-12-30-58(51,52)53)36-32-34(21-27-55-4)17-19-38(36)45(40)25-28-56-5/h10,13-14,16-19,31-32H,6-9,11-12,15,20-30H2,1-5H3,(H2-,46,47,48,49,50,51,52,53)/p+1. The number of fused-ring (bicyclic) bond motifs is 2. The first-order valence-electron chi connectivity index (χ1n) is 20.1. The summed E-state index contributed by atoms with van der Waals surface area (Å²) in [7, 11) is -3.40. The first-order valence-corrected chi connectivity index (χ1v) is 23.4. The first kappa shape index (κ1) is 47.2. The second-order valence-electron chi connectivity index (χ2n) is 15.8. The quantitative estimate of drug-likeness (QED) is 0.0522. The molecule has 2 aliphatic rings. The molecule has 2 atom stereocenters. The van der Waals surface area contributed by atoms with Crippen LogP contribution < -0.4 is 4.90 Å². The Balaban J connectivity index is 1.86. The third kappa shape index (κ3) is 12.5. The van der Waals surface area contributed by atoms with Crippen molar-refractivity contribution in [3.63, 3.8) is 0 Å². The van der Waals surface area contributed by atoms with E-state index in [0.29, 0.717) is 65.0 Å². The summed E-state index contributed by atoms with van der Waals surface area (Å²) in [5.74, 6) is -1.54.